The number of aryl methyl sites for hydroxylation is 1. The van der Waals surface area contributed by atoms with E-state index in [1.54, 1.807) is 4.57 Å². The van der Waals surface area contributed by atoms with E-state index in [9.17, 15) is 9.59 Å². The van der Waals surface area contributed by atoms with Gasteiger partial charge in [-0.3, -0.25) is 14.2 Å². The third kappa shape index (κ3) is 3.99. The first-order chi connectivity index (χ1) is 15.1. The second kappa shape index (κ2) is 8.26. The standard InChI is InChI=1S/C23H23N3O4S/c1-31-20-13-19-18(29-10-11-30-19)12-17(20)25-22(27)9-8-21-24-16-5-3-2-4-15(16)23(28)26(21)14-6-7-14/h2-5,12-14H,6-11H2,1H3,(H,25,27). The van der Waals surface area contributed by atoms with Crippen LogP contribution in [0.2, 0.25) is 0 Å². The Kier molecular flexibility index (Phi) is 5.31. The lowest BCUT2D eigenvalue weighted by Gasteiger charge is -2.21. The molecule has 3 aromatic rings. The number of thioether (sulfide) groups is 1. The Morgan fingerprint density at radius 1 is 1.19 bits per heavy atom. The first-order valence-electron chi connectivity index (χ1n) is 10.4. The zero-order chi connectivity index (χ0) is 21.4. The van der Waals surface area contributed by atoms with Gasteiger partial charge in [0.1, 0.15) is 19.0 Å². The van der Waals surface area contributed by atoms with Crippen LogP contribution in [0, 0.1) is 0 Å². The lowest BCUT2D eigenvalue weighted by molar-refractivity contribution is -0.116. The minimum atomic E-state index is -0.128. The van der Waals surface area contributed by atoms with E-state index in [0.29, 0.717) is 53.5 Å². The Hall–Kier alpha value is -3.00. The summed E-state index contributed by atoms with van der Waals surface area (Å²) in [7, 11) is 0. The molecule has 1 aromatic heterocycles. The zero-order valence-electron chi connectivity index (χ0n) is 17.2. The van der Waals surface area contributed by atoms with E-state index in [4.69, 9.17) is 14.5 Å². The van der Waals surface area contributed by atoms with Gasteiger partial charge in [0.25, 0.3) is 5.56 Å². The van der Waals surface area contributed by atoms with Gasteiger partial charge in [-0.2, -0.15) is 0 Å². The number of benzene rings is 2. The number of anilines is 1. The van der Waals surface area contributed by atoms with Crippen LogP contribution in [0.25, 0.3) is 10.9 Å². The normalized spacial score (nSPS) is 15.1. The molecule has 160 valence electrons. The molecule has 7 nitrogen and oxygen atoms in total. The Bertz CT molecular complexity index is 1220. The van der Waals surface area contributed by atoms with Crippen molar-refractivity contribution in [3.63, 3.8) is 0 Å². The highest BCUT2D eigenvalue weighted by Gasteiger charge is 2.28. The number of fused-ring (bicyclic) bond motifs is 2. The molecule has 0 saturated heterocycles. The van der Waals surface area contributed by atoms with Crippen molar-refractivity contribution in [2.24, 2.45) is 0 Å². The first-order valence-corrected chi connectivity index (χ1v) is 11.6. The van der Waals surface area contributed by atoms with Crippen molar-refractivity contribution >= 4 is 34.3 Å². The summed E-state index contributed by atoms with van der Waals surface area (Å²) in [6, 6.07) is 11.3. The van der Waals surface area contributed by atoms with Crippen molar-refractivity contribution in [1.82, 2.24) is 9.55 Å². The number of nitrogens with zero attached hydrogens (tertiary/aromatic N) is 2. The first kappa shape index (κ1) is 19.9. The van der Waals surface area contributed by atoms with Crippen molar-refractivity contribution in [3.8, 4) is 11.5 Å². The zero-order valence-corrected chi connectivity index (χ0v) is 18.0. The largest absolute Gasteiger partial charge is 0.486 e. The van der Waals surface area contributed by atoms with Gasteiger partial charge < -0.3 is 14.8 Å². The number of amides is 1. The highest BCUT2D eigenvalue weighted by molar-refractivity contribution is 7.98. The number of rotatable bonds is 6. The molecule has 8 heteroatoms. The molecule has 0 bridgehead atoms. The number of para-hydroxylation sites is 1. The molecule has 1 fully saturated rings. The van der Waals surface area contributed by atoms with Crippen LogP contribution in [0.5, 0.6) is 11.5 Å². The Balaban J connectivity index is 1.36. The highest BCUT2D eigenvalue weighted by atomic mass is 32.2. The van der Waals surface area contributed by atoms with Gasteiger partial charge in [-0.15, -0.1) is 11.8 Å². The fourth-order valence-corrected chi connectivity index (χ4v) is 4.41. The van der Waals surface area contributed by atoms with Crippen molar-refractivity contribution in [3.05, 3.63) is 52.6 Å². The Morgan fingerprint density at radius 3 is 2.68 bits per heavy atom. The third-order valence-electron chi connectivity index (χ3n) is 5.51. The van der Waals surface area contributed by atoms with E-state index in [0.717, 1.165) is 17.7 Å². The third-order valence-corrected chi connectivity index (χ3v) is 6.28. The van der Waals surface area contributed by atoms with Gasteiger partial charge in [0.05, 0.1) is 16.6 Å². The van der Waals surface area contributed by atoms with Crippen LogP contribution in [0.3, 0.4) is 0 Å². The maximum atomic E-state index is 13.0. The molecule has 5 rings (SSSR count). The molecule has 1 amide bonds. The van der Waals surface area contributed by atoms with Crippen molar-refractivity contribution in [2.75, 3.05) is 24.8 Å². The summed E-state index contributed by atoms with van der Waals surface area (Å²) < 4.78 is 13.1. The fraction of sp³-hybridized carbons (Fsp3) is 0.348. The van der Waals surface area contributed by atoms with Crippen LogP contribution >= 0.6 is 11.8 Å². The van der Waals surface area contributed by atoms with E-state index >= 15 is 0 Å². The average molecular weight is 438 g/mol. The number of nitrogens with one attached hydrogen (secondary N) is 1. The number of ether oxygens (including phenoxy) is 2. The van der Waals surface area contributed by atoms with Crippen LogP contribution < -0.4 is 20.3 Å². The molecule has 1 N–H and O–H groups in total. The molecule has 0 atom stereocenters. The van der Waals surface area contributed by atoms with Gasteiger partial charge in [-0.25, -0.2) is 4.98 Å². The Labute approximate surface area is 183 Å². The minimum Gasteiger partial charge on any atom is -0.486 e. The van der Waals surface area contributed by atoms with Gasteiger partial charge in [0.2, 0.25) is 5.91 Å². The molecule has 0 radical (unpaired) electrons. The number of carbonyl (C=O) groups excluding carboxylic acids is 1. The maximum Gasteiger partial charge on any atom is 0.261 e. The molecule has 1 aliphatic carbocycles. The molecule has 2 heterocycles. The summed E-state index contributed by atoms with van der Waals surface area (Å²) in [6.45, 7) is 1.01. The van der Waals surface area contributed by atoms with Crippen molar-refractivity contribution in [1.29, 1.82) is 0 Å². The second-order valence-corrected chi connectivity index (χ2v) is 8.54. The van der Waals surface area contributed by atoms with E-state index in [2.05, 4.69) is 5.32 Å². The number of hydrogen-bond donors (Lipinski definition) is 1. The van der Waals surface area contributed by atoms with Crippen LogP contribution in [0.1, 0.15) is 31.1 Å². The van der Waals surface area contributed by atoms with Crippen LogP contribution in [0.4, 0.5) is 5.69 Å². The summed E-state index contributed by atoms with van der Waals surface area (Å²) >= 11 is 1.53. The van der Waals surface area contributed by atoms with Crippen molar-refractivity contribution in [2.45, 2.75) is 36.6 Å². The average Bonchev–Trinajstić information content (AvgIpc) is 3.62. The van der Waals surface area contributed by atoms with Crippen molar-refractivity contribution < 1.29 is 14.3 Å². The molecule has 2 aliphatic rings. The second-order valence-electron chi connectivity index (χ2n) is 7.70. The fourth-order valence-electron chi connectivity index (χ4n) is 3.85. The van der Waals surface area contributed by atoms with E-state index in [1.165, 1.54) is 11.8 Å². The van der Waals surface area contributed by atoms with E-state index in [1.807, 2.05) is 42.7 Å². The molecule has 0 unspecified atom stereocenters. The predicted molar refractivity (Wildman–Crippen MR) is 120 cm³/mol. The number of carbonyl (C=O) groups is 1. The van der Waals surface area contributed by atoms with Gasteiger partial charge in [-0.1, -0.05) is 12.1 Å². The molecule has 31 heavy (non-hydrogen) atoms. The topological polar surface area (TPSA) is 82.5 Å². The highest BCUT2D eigenvalue weighted by Crippen LogP contribution is 2.39. The monoisotopic (exact) mass is 437 g/mol. The number of aromatic nitrogens is 2. The lowest BCUT2D eigenvalue weighted by atomic mass is 10.2. The smallest absolute Gasteiger partial charge is 0.261 e. The predicted octanol–water partition coefficient (Wildman–Crippen LogP) is 3.80. The quantitative estimate of drug-likeness (QED) is 0.591. The summed E-state index contributed by atoms with van der Waals surface area (Å²) in [6.07, 6.45) is 4.55. The SMILES string of the molecule is CSc1cc2c(cc1NC(=O)CCc1nc3ccccc3c(=O)n1C1CC1)OCCO2. The Morgan fingerprint density at radius 2 is 1.94 bits per heavy atom. The molecule has 0 spiro atoms. The minimum absolute atomic E-state index is 0.0139. The molecule has 2 aromatic carbocycles. The van der Waals surface area contributed by atoms with Gasteiger partial charge in [0.15, 0.2) is 11.5 Å². The van der Waals surface area contributed by atoms with Crippen LogP contribution in [-0.4, -0.2) is 34.9 Å². The molecular weight excluding hydrogens is 414 g/mol. The summed E-state index contributed by atoms with van der Waals surface area (Å²) in [5, 5.41) is 3.62. The van der Waals surface area contributed by atoms with E-state index < -0.39 is 0 Å². The summed E-state index contributed by atoms with van der Waals surface area (Å²) in [5.74, 6) is 1.88. The maximum absolute atomic E-state index is 13.0. The van der Waals surface area contributed by atoms with Crippen LogP contribution in [0.15, 0.2) is 46.1 Å². The van der Waals surface area contributed by atoms with E-state index in [-0.39, 0.29) is 23.9 Å². The molecule has 1 saturated carbocycles. The van der Waals surface area contributed by atoms with Crippen LogP contribution in [-0.2, 0) is 11.2 Å². The lowest BCUT2D eigenvalue weighted by Crippen LogP contribution is -2.25. The molecular formula is C23H23N3O4S. The molecule has 1 aliphatic heterocycles. The van der Waals surface area contributed by atoms with Gasteiger partial charge >= 0.3 is 0 Å². The van der Waals surface area contributed by atoms with Gasteiger partial charge in [0, 0.05) is 29.8 Å². The van der Waals surface area contributed by atoms with Gasteiger partial charge in [-0.05, 0) is 37.3 Å². The summed E-state index contributed by atoms with van der Waals surface area (Å²) in [4.78, 5) is 31.4. The number of hydrogen-bond acceptors (Lipinski definition) is 6. The summed E-state index contributed by atoms with van der Waals surface area (Å²) in [5.41, 5.74) is 1.36.